The normalized spacial score (nSPS) is 29.4. The minimum atomic E-state index is -0.190. The van der Waals surface area contributed by atoms with Crippen LogP contribution in [0.1, 0.15) is 32.6 Å². The first-order valence-corrected chi connectivity index (χ1v) is 5.16. The summed E-state index contributed by atoms with van der Waals surface area (Å²) in [6.45, 7) is 6.45. The van der Waals surface area contributed by atoms with Crippen LogP contribution in [0.15, 0.2) is 12.7 Å². The highest BCUT2D eigenvalue weighted by Gasteiger charge is 2.30. The quantitative estimate of drug-likeness (QED) is 0.641. The Labute approximate surface area is 80.6 Å². The van der Waals surface area contributed by atoms with Gasteiger partial charge in [0.05, 0.1) is 12.2 Å². The first kappa shape index (κ1) is 10.7. The molecule has 1 N–H and O–H groups in total. The van der Waals surface area contributed by atoms with E-state index in [9.17, 15) is 5.11 Å². The first-order valence-electron chi connectivity index (χ1n) is 5.16. The van der Waals surface area contributed by atoms with Crippen molar-refractivity contribution in [2.45, 2.75) is 44.8 Å². The fourth-order valence-electron chi connectivity index (χ4n) is 1.91. The predicted octanol–water partition coefficient (Wildman–Crippen LogP) is 2.13. The Morgan fingerprint density at radius 2 is 2.31 bits per heavy atom. The number of ether oxygens (including phenoxy) is 1. The maximum absolute atomic E-state index is 9.49. The highest BCUT2D eigenvalue weighted by molar-refractivity contribution is 4.83. The van der Waals surface area contributed by atoms with Crippen molar-refractivity contribution in [2.75, 3.05) is 6.61 Å². The van der Waals surface area contributed by atoms with Crippen molar-refractivity contribution in [3.8, 4) is 0 Å². The third-order valence-corrected chi connectivity index (χ3v) is 2.64. The van der Waals surface area contributed by atoms with Gasteiger partial charge in [-0.05, 0) is 38.5 Å². The lowest BCUT2D eigenvalue weighted by Gasteiger charge is -2.35. The summed E-state index contributed by atoms with van der Waals surface area (Å²) in [6.07, 6.45) is 5.94. The van der Waals surface area contributed by atoms with Gasteiger partial charge in [0.2, 0.25) is 0 Å². The van der Waals surface area contributed by atoms with Crippen molar-refractivity contribution in [1.82, 2.24) is 0 Å². The molecule has 0 aromatic heterocycles. The average molecular weight is 184 g/mol. The Morgan fingerprint density at radius 1 is 1.62 bits per heavy atom. The summed E-state index contributed by atoms with van der Waals surface area (Å²) >= 11 is 0. The first-order chi connectivity index (χ1) is 6.26. The SMILES string of the molecule is C=CCC(O)CC1CC(OCC)C1. The highest BCUT2D eigenvalue weighted by Crippen LogP contribution is 2.33. The van der Waals surface area contributed by atoms with E-state index in [1.807, 2.05) is 6.92 Å². The van der Waals surface area contributed by atoms with Crippen molar-refractivity contribution < 1.29 is 9.84 Å². The fourth-order valence-corrected chi connectivity index (χ4v) is 1.91. The van der Waals surface area contributed by atoms with Gasteiger partial charge < -0.3 is 9.84 Å². The molecule has 0 spiro atoms. The lowest BCUT2D eigenvalue weighted by Crippen LogP contribution is -2.33. The Morgan fingerprint density at radius 3 is 2.85 bits per heavy atom. The van der Waals surface area contributed by atoms with Gasteiger partial charge in [-0.1, -0.05) is 6.08 Å². The van der Waals surface area contributed by atoms with Crippen molar-refractivity contribution >= 4 is 0 Å². The standard InChI is InChI=1S/C11H20O2/c1-3-5-10(12)6-9-7-11(8-9)13-4-2/h3,9-12H,1,4-8H2,2H3. The molecule has 13 heavy (non-hydrogen) atoms. The van der Waals surface area contributed by atoms with Gasteiger partial charge in [0.1, 0.15) is 0 Å². The second-order valence-corrected chi connectivity index (χ2v) is 3.83. The van der Waals surface area contributed by atoms with Crippen LogP contribution in [-0.2, 0) is 4.74 Å². The summed E-state index contributed by atoms with van der Waals surface area (Å²) in [5.74, 6) is 0.673. The molecule has 2 nitrogen and oxygen atoms in total. The third-order valence-electron chi connectivity index (χ3n) is 2.64. The summed E-state index contributed by atoms with van der Waals surface area (Å²) in [5, 5.41) is 9.49. The lowest BCUT2D eigenvalue weighted by molar-refractivity contribution is -0.0373. The van der Waals surface area contributed by atoms with Gasteiger partial charge >= 0.3 is 0 Å². The van der Waals surface area contributed by atoms with E-state index in [0.29, 0.717) is 12.0 Å². The Kier molecular flexibility index (Phi) is 4.46. The Hall–Kier alpha value is -0.340. The second-order valence-electron chi connectivity index (χ2n) is 3.83. The second kappa shape index (κ2) is 5.40. The zero-order chi connectivity index (χ0) is 9.68. The van der Waals surface area contributed by atoms with Gasteiger partial charge in [-0.25, -0.2) is 0 Å². The molecule has 1 fully saturated rings. The maximum Gasteiger partial charge on any atom is 0.0580 e. The van der Waals surface area contributed by atoms with Gasteiger partial charge in [-0.2, -0.15) is 0 Å². The van der Waals surface area contributed by atoms with E-state index < -0.39 is 0 Å². The summed E-state index contributed by atoms with van der Waals surface area (Å²) in [7, 11) is 0. The number of aliphatic hydroxyl groups is 1. The Bertz CT molecular complexity index is 150. The number of hydrogen-bond acceptors (Lipinski definition) is 2. The Balaban J connectivity index is 2.03. The van der Waals surface area contributed by atoms with E-state index in [2.05, 4.69) is 6.58 Å². The van der Waals surface area contributed by atoms with Gasteiger partial charge in [0.15, 0.2) is 0 Å². The molecule has 1 atom stereocenters. The molecule has 0 heterocycles. The molecule has 0 saturated heterocycles. The minimum absolute atomic E-state index is 0.190. The molecular weight excluding hydrogens is 164 g/mol. The van der Waals surface area contributed by atoms with E-state index in [0.717, 1.165) is 32.3 Å². The largest absolute Gasteiger partial charge is 0.393 e. The van der Waals surface area contributed by atoms with Crippen LogP contribution in [-0.4, -0.2) is 23.9 Å². The highest BCUT2D eigenvalue weighted by atomic mass is 16.5. The zero-order valence-corrected chi connectivity index (χ0v) is 8.41. The van der Waals surface area contributed by atoms with Crippen molar-refractivity contribution in [1.29, 1.82) is 0 Å². The fraction of sp³-hybridized carbons (Fsp3) is 0.818. The molecule has 0 aromatic carbocycles. The van der Waals surface area contributed by atoms with Crippen LogP contribution < -0.4 is 0 Å². The lowest BCUT2D eigenvalue weighted by atomic mass is 9.78. The monoisotopic (exact) mass is 184 g/mol. The van der Waals surface area contributed by atoms with Gasteiger partial charge in [-0.3, -0.25) is 0 Å². The molecule has 0 aliphatic heterocycles. The van der Waals surface area contributed by atoms with Crippen LogP contribution in [0.4, 0.5) is 0 Å². The topological polar surface area (TPSA) is 29.5 Å². The number of aliphatic hydroxyl groups excluding tert-OH is 1. The molecule has 76 valence electrons. The molecule has 1 unspecified atom stereocenters. The maximum atomic E-state index is 9.49. The van der Waals surface area contributed by atoms with Crippen LogP contribution in [0, 0.1) is 5.92 Å². The molecule has 1 rings (SSSR count). The summed E-state index contributed by atoms with van der Waals surface area (Å²) < 4.78 is 5.45. The molecule has 1 saturated carbocycles. The van der Waals surface area contributed by atoms with Crippen LogP contribution in [0.2, 0.25) is 0 Å². The molecule has 0 radical (unpaired) electrons. The minimum Gasteiger partial charge on any atom is -0.393 e. The number of hydrogen-bond donors (Lipinski definition) is 1. The smallest absolute Gasteiger partial charge is 0.0580 e. The summed E-state index contributed by atoms with van der Waals surface area (Å²) in [5.41, 5.74) is 0. The third kappa shape index (κ3) is 3.49. The van der Waals surface area contributed by atoms with Crippen LogP contribution >= 0.6 is 0 Å². The van der Waals surface area contributed by atoms with Gasteiger partial charge in [0, 0.05) is 6.61 Å². The van der Waals surface area contributed by atoms with Crippen LogP contribution in [0.3, 0.4) is 0 Å². The van der Waals surface area contributed by atoms with E-state index in [4.69, 9.17) is 4.74 Å². The van der Waals surface area contributed by atoms with Crippen LogP contribution in [0.25, 0.3) is 0 Å². The average Bonchev–Trinajstić information content (AvgIpc) is 2.01. The molecule has 2 heteroatoms. The predicted molar refractivity (Wildman–Crippen MR) is 53.6 cm³/mol. The molecule has 1 aliphatic rings. The van der Waals surface area contributed by atoms with Crippen molar-refractivity contribution in [3.63, 3.8) is 0 Å². The molecule has 1 aliphatic carbocycles. The summed E-state index contributed by atoms with van der Waals surface area (Å²) in [4.78, 5) is 0. The zero-order valence-electron chi connectivity index (χ0n) is 8.41. The number of rotatable bonds is 6. The van der Waals surface area contributed by atoms with Crippen molar-refractivity contribution in [2.24, 2.45) is 5.92 Å². The molecule has 0 amide bonds. The van der Waals surface area contributed by atoms with Crippen LogP contribution in [0.5, 0.6) is 0 Å². The van der Waals surface area contributed by atoms with E-state index in [-0.39, 0.29) is 6.10 Å². The molecule has 0 aromatic rings. The van der Waals surface area contributed by atoms with Gasteiger partial charge in [0.25, 0.3) is 0 Å². The van der Waals surface area contributed by atoms with E-state index >= 15 is 0 Å². The molecular formula is C11H20O2. The van der Waals surface area contributed by atoms with E-state index in [1.54, 1.807) is 6.08 Å². The van der Waals surface area contributed by atoms with Gasteiger partial charge in [-0.15, -0.1) is 6.58 Å². The molecule has 0 bridgehead atoms. The van der Waals surface area contributed by atoms with Crippen molar-refractivity contribution in [3.05, 3.63) is 12.7 Å². The summed E-state index contributed by atoms with van der Waals surface area (Å²) in [6, 6.07) is 0. The van der Waals surface area contributed by atoms with E-state index in [1.165, 1.54) is 0 Å².